The predicted molar refractivity (Wildman–Crippen MR) is 103 cm³/mol. The highest BCUT2D eigenvalue weighted by molar-refractivity contribution is 8.02. The molecule has 0 aliphatic heterocycles. The van der Waals surface area contributed by atoms with Crippen molar-refractivity contribution in [3.63, 3.8) is 0 Å². The van der Waals surface area contributed by atoms with Gasteiger partial charge in [-0.15, -0.1) is 10.2 Å². The molecular weight excluding hydrogens is 336 g/mol. The van der Waals surface area contributed by atoms with E-state index in [-0.39, 0.29) is 0 Å². The summed E-state index contributed by atoms with van der Waals surface area (Å²) in [7, 11) is 0. The lowest BCUT2D eigenvalue weighted by atomic mass is 10.1. The van der Waals surface area contributed by atoms with Crippen LogP contribution in [0.3, 0.4) is 0 Å². The van der Waals surface area contributed by atoms with Crippen LogP contribution in [0.1, 0.15) is 11.1 Å². The van der Waals surface area contributed by atoms with Gasteiger partial charge in [0.2, 0.25) is 0 Å². The third-order valence-electron chi connectivity index (χ3n) is 3.84. The minimum atomic E-state index is 0.854. The molecule has 0 bridgehead atoms. The number of hydrogen-bond acceptors (Lipinski definition) is 5. The van der Waals surface area contributed by atoms with Gasteiger partial charge in [0.05, 0.1) is 5.69 Å². The zero-order valence-corrected chi connectivity index (χ0v) is 15.7. The number of aromatic nitrogens is 4. The lowest BCUT2D eigenvalue weighted by molar-refractivity contribution is 0.885. The Labute approximate surface area is 151 Å². The van der Waals surface area contributed by atoms with E-state index in [0.29, 0.717) is 0 Å². The van der Waals surface area contributed by atoms with Crippen molar-refractivity contribution in [1.82, 2.24) is 19.7 Å². The van der Waals surface area contributed by atoms with E-state index in [1.807, 2.05) is 23.9 Å². The summed E-state index contributed by atoms with van der Waals surface area (Å²) in [5.41, 5.74) is 4.67. The number of nitrogens with zero attached hydrogens (tertiary/aromatic N) is 4. The summed E-state index contributed by atoms with van der Waals surface area (Å²) in [5, 5.41) is 9.82. The van der Waals surface area contributed by atoms with Gasteiger partial charge in [0.25, 0.3) is 0 Å². The van der Waals surface area contributed by atoms with Gasteiger partial charge in [-0.3, -0.25) is 9.55 Å². The van der Waals surface area contributed by atoms with Crippen molar-refractivity contribution in [2.45, 2.75) is 19.0 Å². The number of pyridine rings is 1. The molecule has 0 fully saturated rings. The van der Waals surface area contributed by atoms with Crippen LogP contribution < -0.4 is 0 Å². The second kappa shape index (κ2) is 7.85. The molecule has 0 saturated heterocycles. The average Bonchev–Trinajstić information content (AvgIpc) is 3.02. The van der Waals surface area contributed by atoms with Gasteiger partial charge < -0.3 is 0 Å². The van der Waals surface area contributed by atoms with Crippen LogP contribution in [-0.4, -0.2) is 37.5 Å². The summed E-state index contributed by atoms with van der Waals surface area (Å²) < 4.78 is 2.15. The first-order chi connectivity index (χ1) is 11.7. The van der Waals surface area contributed by atoms with Crippen molar-refractivity contribution in [1.29, 1.82) is 0 Å². The number of hydrogen-bond donors (Lipinski definition) is 0. The third kappa shape index (κ3) is 3.65. The molecule has 1 aromatic carbocycles. The Kier molecular flexibility index (Phi) is 5.58. The van der Waals surface area contributed by atoms with E-state index in [1.165, 1.54) is 11.1 Å². The lowest BCUT2D eigenvalue weighted by Gasteiger charge is -2.12. The van der Waals surface area contributed by atoms with E-state index < -0.39 is 0 Å². The Hall–Kier alpha value is -1.79. The Morgan fingerprint density at radius 2 is 1.75 bits per heavy atom. The summed E-state index contributed by atoms with van der Waals surface area (Å²) in [6.45, 7) is 4.26. The second-order valence-electron chi connectivity index (χ2n) is 5.49. The average molecular weight is 357 g/mol. The first-order valence-electron chi connectivity index (χ1n) is 7.76. The van der Waals surface area contributed by atoms with E-state index >= 15 is 0 Å². The quantitative estimate of drug-likeness (QED) is 0.484. The number of benzene rings is 1. The van der Waals surface area contributed by atoms with Gasteiger partial charge >= 0.3 is 0 Å². The van der Waals surface area contributed by atoms with Gasteiger partial charge in [-0.05, 0) is 55.5 Å². The SMILES string of the molecule is CSCCSc1nnc(-c2ccncc2)n1-c1ccc(C)c(C)c1. The molecule has 0 spiro atoms. The standard InChI is InChI=1S/C18H20N4S2/c1-13-4-5-16(12-14(13)2)22-17(15-6-8-19-9-7-15)20-21-18(22)24-11-10-23-3/h4-9,12H,10-11H2,1-3H3. The van der Waals surface area contributed by atoms with Gasteiger partial charge in [0.15, 0.2) is 11.0 Å². The van der Waals surface area contributed by atoms with Gasteiger partial charge in [0.1, 0.15) is 0 Å². The van der Waals surface area contributed by atoms with Crippen molar-refractivity contribution < 1.29 is 0 Å². The number of thioether (sulfide) groups is 2. The van der Waals surface area contributed by atoms with Gasteiger partial charge in [-0.1, -0.05) is 17.8 Å². The zero-order valence-electron chi connectivity index (χ0n) is 14.1. The number of rotatable bonds is 6. The maximum absolute atomic E-state index is 4.45. The van der Waals surface area contributed by atoms with E-state index in [9.17, 15) is 0 Å². The molecule has 2 aromatic heterocycles. The summed E-state index contributed by atoms with van der Waals surface area (Å²) in [4.78, 5) is 4.10. The first kappa shape index (κ1) is 17.0. The van der Waals surface area contributed by atoms with Crippen LogP contribution in [0, 0.1) is 13.8 Å². The summed E-state index contributed by atoms with van der Waals surface area (Å²) in [6, 6.07) is 10.4. The minimum absolute atomic E-state index is 0.854. The maximum Gasteiger partial charge on any atom is 0.196 e. The molecule has 3 rings (SSSR count). The van der Waals surface area contributed by atoms with E-state index in [1.54, 1.807) is 24.2 Å². The molecule has 6 heteroatoms. The van der Waals surface area contributed by atoms with Crippen molar-refractivity contribution in [3.05, 3.63) is 53.9 Å². The topological polar surface area (TPSA) is 43.6 Å². The van der Waals surface area contributed by atoms with Crippen LogP contribution in [0.5, 0.6) is 0 Å². The highest BCUT2D eigenvalue weighted by atomic mass is 32.2. The largest absolute Gasteiger partial charge is 0.270 e. The molecule has 0 saturated carbocycles. The van der Waals surface area contributed by atoms with Gasteiger partial charge in [-0.25, -0.2) is 0 Å². The van der Waals surface area contributed by atoms with Crippen LogP contribution in [0.25, 0.3) is 17.1 Å². The number of aryl methyl sites for hydroxylation is 2. The van der Waals surface area contributed by atoms with Crippen LogP contribution >= 0.6 is 23.5 Å². The molecule has 0 atom stereocenters. The van der Waals surface area contributed by atoms with E-state index in [2.05, 4.69) is 58.1 Å². The van der Waals surface area contributed by atoms with Crippen LogP contribution in [0.2, 0.25) is 0 Å². The van der Waals surface area contributed by atoms with Gasteiger partial charge in [0, 0.05) is 29.5 Å². The smallest absolute Gasteiger partial charge is 0.196 e. The van der Waals surface area contributed by atoms with Crippen molar-refractivity contribution >= 4 is 23.5 Å². The Morgan fingerprint density at radius 1 is 0.958 bits per heavy atom. The third-order valence-corrected chi connectivity index (χ3v) is 5.64. The van der Waals surface area contributed by atoms with Crippen molar-refractivity contribution in [2.75, 3.05) is 17.8 Å². The molecule has 0 aliphatic rings. The normalized spacial score (nSPS) is 11.0. The summed E-state index contributed by atoms with van der Waals surface area (Å²) in [5.74, 6) is 2.96. The molecule has 4 nitrogen and oxygen atoms in total. The molecule has 3 aromatic rings. The molecule has 0 radical (unpaired) electrons. The second-order valence-corrected chi connectivity index (χ2v) is 7.53. The fourth-order valence-electron chi connectivity index (χ4n) is 2.37. The highest BCUT2D eigenvalue weighted by Crippen LogP contribution is 2.28. The Morgan fingerprint density at radius 3 is 2.46 bits per heavy atom. The minimum Gasteiger partial charge on any atom is -0.270 e. The molecular formula is C18H20N4S2. The Bertz CT molecular complexity index is 815. The van der Waals surface area contributed by atoms with E-state index in [0.717, 1.165) is 33.7 Å². The maximum atomic E-state index is 4.45. The monoisotopic (exact) mass is 356 g/mol. The highest BCUT2D eigenvalue weighted by Gasteiger charge is 2.16. The molecule has 0 N–H and O–H groups in total. The first-order valence-corrected chi connectivity index (χ1v) is 10.1. The summed E-state index contributed by atoms with van der Waals surface area (Å²) in [6.07, 6.45) is 5.70. The Balaban J connectivity index is 2.08. The molecule has 124 valence electrons. The molecule has 0 unspecified atom stereocenters. The molecule has 24 heavy (non-hydrogen) atoms. The lowest BCUT2D eigenvalue weighted by Crippen LogP contribution is -2.01. The van der Waals surface area contributed by atoms with Crippen molar-refractivity contribution in [3.8, 4) is 17.1 Å². The fraction of sp³-hybridized carbons (Fsp3) is 0.278. The molecule has 0 amide bonds. The van der Waals surface area contributed by atoms with Crippen LogP contribution in [0.4, 0.5) is 0 Å². The molecule has 0 aliphatic carbocycles. The zero-order chi connectivity index (χ0) is 16.9. The predicted octanol–water partition coefficient (Wildman–Crippen LogP) is 4.40. The fourth-order valence-corrected chi connectivity index (χ4v) is 3.97. The molecule has 2 heterocycles. The van der Waals surface area contributed by atoms with Crippen molar-refractivity contribution in [2.24, 2.45) is 0 Å². The summed E-state index contributed by atoms with van der Waals surface area (Å²) >= 11 is 3.59. The van der Waals surface area contributed by atoms with Crippen LogP contribution in [-0.2, 0) is 0 Å². The van der Waals surface area contributed by atoms with Gasteiger partial charge in [-0.2, -0.15) is 11.8 Å². The van der Waals surface area contributed by atoms with E-state index in [4.69, 9.17) is 0 Å². The van der Waals surface area contributed by atoms with Crippen LogP contribution in [0.15, 0.2) is 47.9 Å².